The lowest BCUT2D eigenvalue weighted by atomic mass is 9.93. The molecule has 0 atom stereocenters. The van der Waals surface area contributed by atoms with Crippen molar-refractivity contribution < 1.29 is 9.31 Å². The fourth-order valence-electron chi connectivity index (χ4n) is 0.651. The predicted octanol–water partition coefficient (Wildman–Crippen LogP) is 1.25. The Kier molecular flexibility index (Phi) is 3.12. The average molecular weight is 169 g/mol. The minimum atomic E-state index is -0.565. The van der Waals surface area contributed by atoms with Crippen LogP contribution in [0.15, 0.2) is 0 Å². The minimum Gasteiger partial charge on any atom is -0.409 e. The highest BCUT2D eigenvalue weighted by Crippen LogP contribution is 2.12. The van der Waals surface area contributed by atoms with E-state index >= 15 is 0 Å². The van der Waals surface area contributed by atoms with Crippen molar-refractivity contribution in [2.24, 2.45) is 0 Å². The molecule has 1 saturated heterocycles. The summed E-state index contributed by atoms with van der Waals surface area (Å²) in [6.07, 6.45) is 0.928. The van der Waals surface area contributed by atoms with Gasteiger partial charge in [-0.3, -0.25) is 0 Å². The largest absolute Gasteiger partial charge is 0.492 e. The number of halogens is 2. The molecule has 1 rings (SSSR count). The van der Waals surface area contributed by atoms with E-state index in [1.807, 2.05) is 0 Å². The second-order valence-corrected chi connectivity index (χ2v) is 2.96. The van der Waals surface area contributed by atoms with E-state index in [1.165, 1.54) is 0 Å². The monoisotopic (exact) mass is 168 g/mol. The van der Waals surface area contributed by atoms with Crippen molar-refractivity contribution in [3.8, 4) is 0 Å². The Morgan fingerprint density at radius 1 is 1.22 bits per heavy atom. The lowest BCUT2D eigenvalue weighted by molar-refractivity contribution is 0.136. The van der Waals surface area contributed by atoms with Crippen molar-refractivity contribution in [3.05, 3.63) is 0 Å². The van der Waals surface area contributed by atoms with E-state index in [1.54, 1.807) is 0 Å². The maximum absolute atomic E-state index is 5.47. The Labute approximate surface area is 64.6 Å². The van der Waals surface area contributed by atoms with Gasteiger partial charge in [0.25, 0.3) is 0 Å². The first-order valence-electron chi connectivity index (χ1n) is 2.82. The van der Waals surface area contributed by atoms with Gasteiger partial charge in [0, 0.05) is 13.2 Å². The number of rotatable bonds is 1. The first-order valence-corrected chi connectivity index (χ1v) is 3.69. The summed E-state index contributed by atoms with van der Waals surface area (Å²) in [7, 11) is -0.415. The Morgan fingerprint density at radius 3 is 2.11 bits per heavy atom. The van der Waals surface area contributed by atoms with Crippen LogP contribution in [0.5, 0.6) is 0 Å². The highest BCUT2D eigenvalue weighted by atomic mass is 35.5. The molecule has 1 aliphatic rings. The fourth-order valence-corrected chi connectivity index (χ4v) is 0.942. The molecule has 0 N–H and O–H groups in total. The molecule has 0 saturated carbocycles. The molecule has 5 heteroatoms. The van der Waals surface area contributed by atoms with E-state index in [4.69, 9.17) is 32.5 Å². The van der Waals surface area contributed by atoms with Gasteiger partial charge in [-0.2, -0.15) is 0 Å². The second kappa shape index (κ2) is 3.66. The Bertz CT molecular complexity index is 84.6. The van der Waals surface area contributed by atoms with Gasteiger partial charge in [-0.05, 0) is 6.42 Å². The van der Waals surface area contributed by atoms with Crippen LogP contribution >= 0.6 is 23.2 Å². The third-order valence-corrected chi connectivity index (χ3v) is 1.47. The number of hydrogen-bond donors (Lipinski definition) is 0. The van der Waals surface area contributed by atoms with E-state index in [-0.39, 0.29) is 0 Å². The van der Waals surface area contributed by atoms with Gasteiger partial charge in [0.05, 0.1) is 0 Å². The molecule has 52 valence electrons. The normalized spacial score (nSPS) is 21.0. The molecule has 0 spiro atoms. The van der Waals surface area contributed by atoms with Crippen molar-refractivity contribution in [1.29, 1.82) is 0 Å². The molecule has 2 nitrogen and oxygen atoms in total. The topological polar surface area (TPSA) is 18.5 Å². The summed E-state index contributed by atoms with van der Waals surface area (Å²) in [5.74, 6) is 0. The highest BCUT2D eigenvalue weighted by Gasteiger charge is 2.28. The van der Waals surface area contributed by atoms with Gasteiger partial charge >= 0.3 is 7.12 Å². The average Bonchev–Trinajstić information content (AvgIpc) is 1.90. The van der Waals surface area contributed by atoms with Crippen LogP contribution in [0.25, 0.3) is 0 Å². The molecule has 0 aromatic carbocycles. The lowest BCUT2D eigenvalue weighted by Gasteiger charge is -2.19. The summed E-state index contributed by atoms with van der Waals surface area (Å²) in [5, 5.41) is 0. The minimum absolute atomic E-state index is 0.415. The van der Waals surface area contributed by atoms with Crippen molar-refractivity contribution in [1.82, 2.24) is 0 Å². The molecular formula is C4H7BCl2O2. The van der Waals surface area contributed by atoms with Crippen molar-refractivity contribution in [3.63, 3.8) is 0 Å². The zero-order valence-corrected chi connectivity index (χ0v) is 6.36. The molecule has 0 radical (unpaired) electrons. The summed E-state index contributed by atoms with van der Waals surface area (Å²) >= 11 is 10.9. The molecular weight excluding hydrogens is 162 g/mol. The van der Waals surface area contributed by atoms with E-state index in [9.17, 15) is 0 Å². The van der Waals surface area contributed by atoms with Crippen LogP contribution < -0.4 is 0 Å². The first kappa shape index (κ1) is 7.67. The summed E-state index contributed by atoms with van der Waals surface area (Å²) in [5.41, 5.74) is 0. The lowest BCUT2D eigenvalue weighted by Crippen LogP contribution is -2.35. The van der Waals surface area contributed by atoms with Gasteiger partial charge in [0.1, 0.15) is 4.74 Å². The first-order chi connectivity index (χ1) is 4.30. The van der Waals surface area contributed by atoms with E-state index < -0.39 is 11.9 Å². The highest BCUT2D eigenvalue weighted by molar-refractivity contribution is 6.72. The van der Waals surface area contributed by atoms with E-state index in [0.717, 1.165) is 6.42 Å². The molecule has 0 amide bonds. The fraction of sp³-hybridized carbons (Fsp3) is 1.00. The molecule has 1 aliphatic heterocycles. The van der Waals surface area contributed by atoms with Gasteiger partial charge in [-0.15, -0.1) is 23.2 Å². The maximum Gasteiger partial charge on any atom is 0.492 e. The zero-order valence-electron chi connectivity index (χ0n) is 4.85. The zero-order chi connectivity index (χ0) is 6.69. The molecule has 9 heavy (non-hydrogen) atoms. The summed E-state index contributed by atoms with van der Waals surface area (Å²) in [6.45, 7) is 1.39. The van der Waals surface area contributed by atoms with Crippen molar-refractivity contribution >= 4 is 30.3 Å². The van der Waals surface area contributed by atoms with Gasteiger partial charge < -0.3 is 9.31 Å². The maximum atomic E-state index is 5.47. The molecule has 0 bridgehead atoms. The van der Waals surface area contributed by atoms with Gasteiger partial charge in [0.2, 0.25) is 0 Å². The standard InChI is InChI=1S/C4H7BCl2O2/c6-4(7)5-8-2-1-3-9-5/h4H,1-3H2. The Balaban J connectivity index is 2.23. The van der Waals surface area contributed by atoms with Crippen molar-refractivity contribution in [2.45, 2.75) is 11.2 Å². The Hall–Kier alpha value is 0.565. The molecule has 0 aliphatic carbocycles. The quantitative estimate of drug-likeness (QED) is 0.434. The summed E-state index contributed by atoms with van der Waals surface area (Å²) < 4.78 is 9.54. The third kappa shape index (κ3) is 2.34. The van der Waals surface area contributed by atoms with Crippen LogP contribution in [0.3, 0.4) is 0 Å². The van der Waals surface area contributed by atoms with Crippen molar-refractivity contribution in [2.75, 3.05) is 13.2 Å². The van der Waals surface area contributed by atoms with Crippen LogP contribution in [0.2, 0.25) is 0 Å². The molecule has 1 fully saturated rings. The van der Waals surface area contributed by atoms with E-state index in [0.29, 0.717) is 13.2 Å². The summed E-state index contributed by atoms with van der Waals surface area (Å²) in [4.78, 5) is 0. The van der Waals surface area contributed by atoms with Crippen LogP contribution in [-0.2, 0) is 9.31 Å². The smallest absolute Gasteiger partial charge is 0.409 e. The second-order valence-electron chi connectivity index (χ2n) is 1.80. The number of alkyl halides is 2. The van der Waals surface area contributed by atoms with Gasteiger partial charge in [-0.1, -0.05) is 0 Å². The van der Waals surface area contributed by atoms with Crippen LogP contribution in [0.4, 0.5) is 0 Å². The molecule has 0 unspecified atom stereocenters. The summed E-state index contributed by atoms with van der Waals surface area (Å²) in [6, 6.07) is 0. The molecule has 1 heterocycles. The van der Waals surface area contributed by atoms with Crippen LogP contribution in [-0.4, -0.2) is 25.1 Å². The van der Waals surface area contributed by atoms with Crippen LogP contribution in [0.1, 0.15) is 6.42 Å². The van der Waals surface area contributed by atoms with Gasteiger partial charge in [0.15, 0.2) is 0 Å². The van der Waals surface area contributed by atoms with E-state index in [2.05, 4.69) is 0 Å². The van der Waals surface area contributed by atoms with Gasteiger partial charge in [-0.25, -0.2) is 0 Å². The predicted molar refractivity (Wildman–Crippen MR) is 37.8 cm³/mol. The molecule has 0 aromatic rings. The SMILES string of the molecule is ClC(Cl)B1OCCCO1. The third-order valence-electron chi connectivity index (χ3n) is 1.06. The number of hydrogen-bond acceptors (Lipinski definition) is 2. The Morgan fingerprint density at radius 2 is 1.78 bits per heavy atom. The van der Waals surface area contributed by atoms with Crippen LogP contribution in [0, 0.1) is 0 Å². The molecule has 0 aromatic heterocycles.